The quantitative estimate of drug-likeness (QED) is 0.442. The van der Waals surface area contributed by atoms with Crippen LogP contribution in [0, 0.1) is 0 Å². The number of nitrogens with zero attached hydrogens (tertiary/aromatic N) is 4. The number of aliphatic imine (C=N–C) groups is 1. The number of guanidine groups is 1. The Labute approximate surface area is 155 Å². The van der Waals surface area contributed by atoms with Crippen molar-refractivity contribution in [3.05, 3.63) is 11.6 Å². The molecule has 1 fully saturated rings. The second kappa shape index (κ2) is 10.0. The zero-order valence-electron chi connectivity index (χ0n) is 15.5. The Morgan fingerprint density at radius 2 is 2.20 bits per heavy atom. The summed E-state index contributed by atoms with van der Waals surface area (Å²) < 4.78 is 2.35. The van der Waals surface area contributed by atoms with Gasteiger partial charge >= 0.3 is 0 Å². The van der Waals surface area contributed by atoms with Crippen LogP contribution in [0.1, 0.15) is 57.1 Å². The van der Waals surface area contributed by atoms with E-state index in [-0.39, 0.29) is 0 Å². The SMILES string of the molecule is CCNC(=NCC1CCCS1)NCCCc1nnc2n1CCCCC2. The van der Waals surface area contributed by atoms with E-state index in [1.54, 1.807) is 0 Å². The number of aryl methyl sites for hydroxylation is 2. The smallest absolute Gasteiger partial charge is 0.191 e. The summed E-state index contributed by atoms with van der Waals surface area (Å²) in [5.41, 5.74) is 0. The van der Waals surface area contributed by atoms with Gasteiger partial charge in [-0.1, -0.05) is 6.42 Å². The molecule has 0 spiro atoms. The maximum Gasteiger partial charge on any atom is 0.191 e. The molecule has 0 amide bonds. The molecule has 140 valence electrons. The Hall–Kier alpha value is -1.24. The van der Waals surface area contributed by atoms with Crippen LogP contribution in [0.5, 0.6) is 0 Å². The van der Waals surface area contributed by atoms with Gasteiger partial charge in [-0.05, 0) is 44.8 Å². The highest BCUT2D eigenvalue weighted by Crippen LogP contribution is 2.26. The van der Waals surface area contributed by atoms with Crippen LogP contribution >= 0.6 is 11.8 Å². The Balaban J connectivity index is 1.43. The van der Waals surface area contributed by atoms with Crippen LogP contribution in [0.3, 0.4) is 0 Å². The van der Waals surface area contributed by atoms with Crippen molar-refractivity contribution in [2.45, 2.75) is 70.1 Å². The summed E-state index contributed by atoms with van der Waals surface area (Å²) in [6.45, 7) is 5.96. The van der Waals surface area contributed by atoms with Crippen LogP contribution < -0.4 is 10.6 Å². The first-order chi connectivity index (χ1) is 12.4. The van der Waals surface area contributed by atoms with E-state index in [2.05, 4.69) is 44.1 Å². The highest BCUT2D eigenvalue weighted by molar-refractivity contribution is 8.00. The predicted molar refractivity (Wildman–Crippen MR) is 105 cm³/mol. The molecular formula is C18H32N6S. The minimum absolute atomic E-state index is 0.710. The normalized spacial score (nSPS) is 21.0. The molecule has 1 aromatic heterocycles. The van der Waals surface area contributed by atoms with Gasteiger partial charge in [0.1, 0.15) is 11.6 Å². The van der Waals surface area contributed by atoms with Gasteiger partial charge in [0.15, 0.2) is 5.96 Å². The Bertz CT molecular complexity index is 550. The molecule has 0 aliphatic carbocycles. The molecule has 3 heterocycles. The van der Waals surface area contributed by atoms with Gasteiger partial charge < -0.3 is 15.2 Å². The second-order valence-corrected chi connectivity index (χ2v) is 8.29. The van der Waals surface area contributed by atoms with Gasteiger partial charge in [-0.25, -0.2) is 0 Å². The van der Waals surface area contributed by atoms with Crippen molar-refractivity contribution in [3.8, 4) is 0 Å². The van der Waals surface area contributed by atoms with E-state index in [0.29, 0.717) is 5.25 Å². The lowest BCUT2D eigenvalue weighted by atomic mass is 10.2. The lowest BCUT2D eigenvalue weighted by Gasteiger charge is -2.13. The first-order valence-electron chi connectivity index (χ1n) is 9.91. The average molecular weight is 365 g/mol. The standard InChI is InChI=1S/C18H32N6S/c1-2-19-18(21-14-15-8-7-13-25-15)20-11-6-10-17-23-22-16-9-4-3-5-12-24(16)17/h15H,2-14H2,1H3,(H2,19,20,21). The van der Waals surface area contributed by atoms with Crippen LogP contribution in [0.15, 0.2) is 4.99 Å². The van der Waals surface area contributed by atoms with Gasteiger partial charge in [-0.15, -0.1) is 10.2 Å². The van der Waals surface area contributed by atoms with Crippen molar-refractivity contribution in [1.82, 2.24) is 25.4 Å². The number of hydrogen-bond acceptors (Lipinski definition) is 4. The lowest BCUT2D eigenvalue weighted by Crippen LogP contribution is -2.38. The fraction of sp³-hybridized carbons (Fsp3) is 0.833. The van der Waals surface area contributed by atoms with Crippen molar-refractivity contribution < 1.29 is 0 Å². The predicted octanol–water partition coefficient (Wildman–Crippen LogP) is 2.39. The van der Waals surface area contributed by atoms with Crippen LogP contribution in [0.2, 0.25) is 0 Å². The molecule has 6 nitrogen and oxygen atoms in total. The van der Waals surface area contributed by atoms with Gasteiger partial charge in [-0.3, -0.25) is 4.99 Å². The Morgan fingerprint density at radius 3 is 3.04 bits per heavy atom. The molecule has 0 saturated carbocycles. The van der Waals surface area contributed by atoms with Gasteiger partial charge in [0.2, 0.25) is 0 Å². The first kappa shape index (κ1) is 18.5. The molecule has 3 rings (SSSR count). The minimum atomic E-state index is 0.710. The van der Waals surface area contributed by atoms with Crippen molar-refractivity contribution in [2.75, 3.05) is 25.4 Å². The van der Waals surface area contributed by atoms with Crippen molar-refractivity contribution in [1.29, 1.82) is 0 Å². The highest BCUT2D eigenvalue weighted by atomic mass is 32.2. The molecule has 1 saturated heterocycles. The van der Waals surface area contributed by atoms with E-state index >= 15 is 0 Å². The number of thioether (sulfide) groups is 1. The number of hydrogen-bond donors (Lipinski definition) is 2. The van der Waals surface area contributed by atoms with Gasteiger partial charge in [-0.2, -0.15) is 11.8 Å². The summed E-state index contributed by atoms with van der Waals surface area (Å²) in [6.07, 6.45) is 9.60. The summed E-state index contributed by atoms with van der Waals surface area (Å²) in [6, 6.07) is 0. The van der Waals surface area contributed by atoms with E-state index in [4.69, 9.17) is 4.99 Å². The molecule has 0 aromatic carbocycles. The number of fused-ring (bicyclic) bond motifs is 1. The third-order valence-corrected chi connectivity index (χ3v) is 6.26. The van der Waals surface area contributed by atoms with Crippen molar-refractivity contribution >= 4 is 17.7 Å². The summed E-state index contributed by atoms with van der Waals surface area (Å²) in [5.74, 6) is 4.59. The molecule has 2 aliphatic rings. The third kappa shape index (κ3) is 5.62. The van der Waals surface area contributed by atoms with Crippen LogP contribution in [-0.4, -0.2) is 51.4 Å². The average Bonchev–Trinajstić information content (AvgIpc) is 3.21. The van der Waals surface area contributed by atoms with Gasteiger partial charge in [0, 0.05) is 37.7 Å². The summed E-state index contributed by atoms with van der Waals surface area (Å²) in [7, 11) is 0. The second-order valence-electron chi connectivity index (χ2n) is 6.88. The molecule has 1 aromatic rings. The first-order valence-corrected chi connectivity index (χ1v) is 11.0. The maximum absolute atomic E-state index is 4.75. The minimum Gasteiger partial charge on any atom is -0.357 e. The molecule has 1 unspecified atom stereocenters. The number of rotatable bonds is 7. The van der Waals surface area contributed by atoms with Crippen LogP contribution in [0.4, 0.5) is 0 Å². The van der Waals surface area contributed by atoms with Crippen molar-refractivity contribution in [3.63, 3.8) is 0 Å². The van der Waals surface area contributed by atoms with E-state index in [1.165, 1.54) is 43.7 Å². The molecule has 2 aliphatic heterocycles. The molecule has 0 bridgehead atoms. The molecule has 0 radical (unpaired) electrons. The zero-order chi connectivity index (χ0) is 17.3. The third-order valence-electron chi connectivity index (χ3n) is 4.88. The maximum atomic E-state index is 4.75. The van der Waals surface area contributed by atoms with Gasteiger partial charge in [0.25, 0.3) is 0 Å². The van der Waals surface area contributed by atoms with Gasteiger partial charge in [0.05, 0.1) is 6.54 Å². The fourth-order valence-electron chi connectivity index (χ4n) is 3.51. The Morgan fingerprint density at radius 1 is 1.24 bits per heavy atom. The molecule has 2 N–H and O–H groups in total. The molecular weight excluding hydrogens is 332 g/mol. The molecule has 1 atom stereocenters. The number of nitrogens with one attached hydrogen (secondary N) is 2. The zero-order valence-corrected chi connectivity index (χ0v) is 16.3. The van der Waals surface area contributed by atoms with E-state index in [1.807, 2.05) is 0 Å². The summed E-state index contributed by atoms with van der Waals surface area (Å²) >= 11 is 2.06. The van der Waals surface area contributed by atoms with E-state index < -0.39 is 0 Å². The Kier molecular flexibility index (Phi) is 7.45. The van der Waals surface area contributed by atoms with Crippen LogP contribution in [0.25, 0.3) is 0 Å². The number of aromatic nitrogens is 3. The largest absolute Gasteiger partial charge is 0.357 e. The van der Waals surface area contributed by atoms with Crippen LogP contribution in [-0.2, 0) is 19.4 Å². The molecule has 7 heteroatoms. The lowest BCUT2D eigenvalue weighted by molar-refractivity contribution is 0.594. The summed E-state index contributed by atoms with van der Waals surface area (Å²) in [5, 5.41) is 16.3. The van der Waals surface area contributed by atoms with Crippen molar-refractivity contribution in [2.24, 2.45) is 4.99 Å². The fourth-order valence-corrected chi connectivity index (χ4v) is 4.69. The van der Waals surface area contributed by atoms with E-state index in [0.717, 1.165) is 57.2 Å². The highest BCUT2D eigenvalue weighted by Gasteiger charge is 2.15. The van der Waals surface area contributed by atoms with E-state index in [9.17, 15) is 0 Å². The topological polar surface area (TPSA) is 67.1 Å². The monoisotopic (exact) mass is 364 g/mol. The molecule has 25 heavy (non-hydrogen) atoms. The summed E-state index contributed by atoms with van der Waals surface area (Å²) in [4.78, 5) is 4.75.